The van der Waals surface area contributed by atoms with Crippen LogP contribution in [0.4, 0.5) is 0 Å². The van der Waals surface area contributed by atoms with Crippen molar-refractivity contribution in [3.63, 3.8) is 0 Å². The zero-order valence-electron chi connectivity index (χ0n) is 19.9. The van der Waals surface area contributed by atoms with E-state index in [2.05, 4.69) is 29.2 Å². The third-order valence-corrected chi connectivity index (χ3v) is 6.73. The summed E-state index contributed by atoms with van der Waals surface area (Å²) in [6.45, 7) is 3.52. The number of rotatable bonds is 8. The van der Waals surface area contributed by atoms with E-state index in [1.54, 1.807) is 0 Å². The Bertz CT molecular complexity index is 1070. The summed E-state index contributed by atoms with van der Waals surface area (Å²) in [5.41, 5.74) is 2.84. The predicted octanol–water partition coefficient (Wildman–Crippen LogP) is 4.18. The van der Waals surface area contributed by atoms with Crippen LogP contribution >= 0.6 is 0 Å². The first-order chi connectivity index (χ1) is 17.2. The number of ether oxygens (including phenoxy) is 2. The molecule has 1 saturated heterocycles. The minimum absolute atomic E-state index is 0.0308. The maximum Gasteiger partial charge on any atom is 0.243 e. The predicted molar refractivity (Wildman–Crippen MR) is 134 cm³/mol. The standard InChI is InChI=1S/C29H32N2O4/c32-28(24-13-14-25-26(19-24)35-18-17-34-25)27(29(33)30-15-7-8-16-30)31(20-22-9-3-1-4-10-22)21-23-11-5-2-6-12-23/h1-6,9-14,19,27-28,32H,7-8,15-18,20-21H2/t27-,28+/m0/s1. The first-order valence-corrected chi connectivity index (χ1v) is 12.4. The lowest BCUT2D eigenvalue weighted by Crippen LogP contribution is -2.50. The van der Waals surface area contributed by atoms with Crippen LogP contribution < -0.4 is 9.47 Å². The first kappa shape index (κ1) is 23.4. The van der Waals surface area contributed by atoms with E-state index in [4.69, 9.17) is 9.47 Å². The van der Waals surface area contributed by atoms with Gasteiger partial charge in [-0.15, -0.1) is 0 Å². The Kier molecular flexibility index (Phi) is 7.31. The minimum atomic E-state index is -1.02. The molecule has 0 aliphatic carbocycles. The van der Waals surface area contributed by atoms with Gasteiger partial charge in [0, 0.05) is 26.2 Å². The average Bonchev–Trinajstić information content (AvgIpc) is 3.45. The number of benzene rings is 3. The molecular weight excluding hydrogens is 440 g/mol. The summed E-state index contributed by atoms with van der Waals surface area (Å²) in [6, 6.07) is 25.0. The van der Waals surface area contributed by atoms with Crippen LogP contribution in [0, 0.1) is 0 Å². The summed E-state index contributed by atoms with van der Waals surface area (Å²) in [5, 5.41) is 11.8. The highest BCUT2D eigenvalue weighted by Gasteiger charge is 2.38. The van der Waals surface area contributed by atoms with Crippen molar-refractivity contribution in [1.82, 2.24) is 9.80 Å². The van der Waals surface area contributed by atoms with Gasteiger partial charge in [0.15, 0.2) is 11.5 Å². The average molecular weight is 473 g/mol. The van der Waals surface area contributed by atoms with Crippen LogP contribution in [-0.2, 0) is 17.9 Å². The summed E-state index contributed by atoms with van der Waals surface area (Å²) < 4.78 is 11.4. The Hall–Kier alpha value is -3.35. The van der Waals surface area contributed by atoms with Crippen LogP contribution in [0.3, 0.4) is 0 Å². The second-order valence-corrected chi connectivity index (χ2v) is 9.20. The van der Waals surface area contributed by atoms with Gasteiger partial charge in [0.1, 0.15) is 25.4 Å². The second kappa shape index (κ2) is 10.9. The van der Waals surface area contributed by atoms with Crippen molar-refractivity contribution in [3.8, 4) is 11.5 Å². The largest absolute Gasteiger partial charge is 0.486 e. The van der Waals surface area contributed by atoms with Gasteiger partial charge < -0.3 is 19.5 Å². The summed E-state index contributed by atoms with van der Waals surface area (Å²) in [7, 11) is 0. The highest BCUT2D eigenvalue weighted by Crippen LogP contribution is 2.35. The van der Waals surface area contributed by atoms with Crippen molar-refractivity contribution in [2.24, 2.45) is 0 Å². The zero-order valence-corrected chi connectivity index (χ0v) is 19.9. The fraction of sp³-hybridized carbons (Fsp3) is 0.345. The molecule has 0 saturated carbocycles. The molecule has 0 spiro atoms. The molecule has 0 unspecified atom stereocenters. The number of nitrogens with zero attached hydrogens (tertiary/aromatic N) is 2. The number of carbonyl (C=O) groups excluding carboxylic acids is 1. The molecule has 3 aromatic carbocycles. The maximum atomic E-state index is 13.9. The van der Waals surface area contributed by atoms with Crippen molar-refractivity contribution in [2.45, 2.75) is 38.1 Å². The second-order valence-electron chi connectivity index (χ2n) is 9.20. The van der Waals surface area contributed by atoms with E-state index in [1.807, 2.05) is 59.5 Å². The van der Waals surface area contributed by atoms with Gasteiger partial charge in [-0.05, 0) is 41.7 Å². The van der Waals surface area contributed by atoms with Crippen molar-refractivity contribution in [3.05, 3.63) is 95.6 Å². The van der Waals surface area contributed by atoms with Crippen LogP contribution in [-0.4, -0.2) is 53.2 Å². The molecule has 1 N–H and O–H groups in total. The Morgan fingerprint density at radius 2 is 1.40 bits per heavy atom. The van der Waals surface area contributed by atoms with Gasteiger partial charge in [-0.3, -0.25) is 9.69 Å². The van der Waals surface area contributed by atoms with Gasteiger partial charge in [0.05, 0.1) is 0 Å². The van der Waals surface area contributed by atoms with Crippen molar-refractivity contribution >= 4 is 5.91 Å². The molecule has 2 aliphatic rings. The molecule has 1 fully saturated rings. The molecule has 0 aromatic heterocycles. The van der Waals surface area contributed by atoms with E-state index in [0.29, 0.717) is 43.4 Å². The quantitative estimate of drug-likeness (QED) is 0.533. The lowest BCUT2D eigenvalue weighted by Gasteiger charge is -2.36. The number of carbonyl (C=O) groups is 1. The number of aliphatic hydroxyl groups is 1. The summed E-state index contributed by atoms with van der Waals surface area (Å²) >= 11 is 0. The van der Waals surface area contributed by atoms with Crippen LogP contribution in [0.5, 0.6) is 11.5 Å². The van der Waals surface area contributed by atoms with E-state index in [0.717, 1.165) is 37.1 Å². The van der Waals surface area contributed by atoms with Gasteiger partial charge in [0.2, 0.25) is 5.91 Å². The number of fused-ring (bicyclic) bond motifs is 1. The first-order valence-electron chi connectivity index (χ1n) is 12.4. The summed E-state index contributed by atoms with van der Waals surface area (Å²) in [4.78, 5) is 17.9. The third-order valence-electron chi connectivity index (χ3n) is 6.73. The molecule has 6 nitrogen and oxygen atoms in total. The van der Waals surface area contributed by atoms with Gasteiger partial charge in [0.25, 0.3) is 0 Å². The molecule has 6 heteroatoms. The molecule has 35 heavy (non-hydrogen) atoms. The highest BCUT2D eigenvalue weighted by molar-refractivity contribution is 5.83. The Labute approximate surface area is 206 Å². The minimum Gasteiger partial charge on any atom is -0.486 e. The molecule has 0 bridgehead atoms. The van der Waals surface area contributed by atoms with Crippen LogP contribution in [0.2, 0.25) is 0 Å². The Morgan fingerprint density at radius 1 is 0.829 bits per heavy atom. The maximum absolute atomic E-state index is 13.9. The van der Waals surface area contributed by atoms with Gasteiger partial charge in [-0.2, -0.15) is 0 Å². The molecular formula is C29H32N2O4. The third kappa shape index (κ3) is 5.50. The Morgan fingerprint density at radius 3 is 2.00 bits per heavy atom. The molecule has 3 aromatic rings. The lowest BCUT2D eigenvalue weighted by atomic mass is 9.97. The fourth-order valence-electron chi connectivity index (χ4n) is 4.93. The number of amides is 1. The van der Waals surface area contributed by atoms with Gasteiger partial charge in [-0.1, -0.05) is 66.7 Å². The van der Waals surface area contributed by atoms with Gasteiger partial charge in [-0.25, -0.2) is 0 Å². The molecule has 182 valence electrons. The summed E-state index contributed by atoms with van der Waals surface area (Å²) in [6.07, 6.45) is 0.970. The van der Waals surface area contributed by atoms with E-state index >= 15 is 0 Å². The lowest BCUT2D eigenvalue weighted by molar-refractivity contribution is -0.141. The Balaban J connectivity index is 1.52. The van der Waals surface area contributed by atoms with Crippen molar-refractivity contribution in [2.75, 3.05) is 26.3 Å². The molecule has 2 atom stereocenters. The smallest absolute Gasteiger partial charge is 0.243 e. The molecule has 2 aliphatic heterocycles. The van der Waals surface area contributed by atoms with Crippen LogP contribution in [0.25, 0.3) is 0 Å². The van der Waals surface area contributed by atoms with Crippen LogP contribution in [0.15, 0.2) is 78.9 Å². The van der Waals surface area contributed by atoms with E-state index < -0.39 is 12.1 Å². The molecule has 2 heterocycles. The molecule has 5 rings (SSSR count). The number of aliphatic hydroxyl groups excluding tert-OH is 1. The van der Waals surface area contributed by atoms with Crippen molar-refractivity contribution in [1.29, 1.82) is 0 Å². The van der Waals surface area contributed by atoms with Gasteiger partial charge >= 0.3 is 0 Å². The fourth-order valence-corrected chi connectivity index (χ4v) is 4.93. The van der Waals surface area contributed by atoms with E-state index in [1.165, 1.54) is 0 Å². The number of hydrogen-bond donors (Lipinski definition) is 1. The topological polar surface area (TPSA) is 62.2 Å². The molecule has 1 amide bonds. The highest BCUT2D eigenvalue weighted by atomic mass is 16.6. The number of likely N-dealkylation sites (tertiary alicyclic amines) is 1. The number of hydrogen-bond acceptors (Lipinski definition) is 5. The zero-order chi connectivity index (χ0) is 24.0. The summed E-state index contributed by atoms with van der Waals surface area (Å²) in [5.74, 6) is 1.25. The normalized spacial score (nSPS) is 16.8. The SMILES string of the molecule is O=C([C@H]([C@H](O)c1ccc2c(c1)OCCO2)N(Cc1ccccc1)Cc1ccccc1)N1CCCC1. The van der Waals surface area contributed by atoms with Crippen molar-refractivity contribution < 1.29 is 19.4 Å². The monoisotopic (exact) mass is 472 g/mol. The van der Waals surface area contributed by atoms with Crippen LogP contribution in [0.1, 0.15) is 35.6 Å². The van der Waals surface area contributed by atoms with E-state index in [9.17, 15) is 9.90 Å². The molecule has 0 radical (unpaired) electrons. The van der Waals surface area contributed by atoms with E-state index in [-0.39, 0.29) is 5.91 Å².